The SMILES string of the molecule is c1cn2cc(-c3ccc4nc(-c5ccc(N6CCOCC6)cc5)[nH]c4c3)nc2s1. The van der Waals surface area contributed by atoms with Crippen molar-refractivity contribution in [3.8, 4) is 22.6 Å². The number of thiazole rings is 1. The highest BCUT2D eigenvalue weighted by molar-refractivity contribution is 7.15. The third kappa shape index (κ3) is 2.99. The summed E-state index contributed by atoms with van der Waals surface area (Å²) in [5, 5.41) is 2.04. The number of benzene rings is 2. The highest BCUT2D eigenvalue weighted by Gasteiger charge is 2.13. The molecule has 0 radical (unpaired) electrons. The van der Waals surface area contributed by atoms with E-state index in [9.17, 15) is 0 Å². The quantitative estimate of drug-likeness (QED) is 0.485. The highest BCUT2D eigenvalue weighted by Crippen LogP contribution is 2.28. The van der Waals surface area contributed by atoms with Gasteiger partial charge in [0.1, 0.15) is 5.82 Å². The van der Waals surface area contributed by atoms with Crippen molar-refractivity contribution in [2.45, 2.75) is 0 Å². The number of nitrogens with one attached hydrogen (secondary N) is 1. The smallest absolute Gasteiger partial charge is 0.194 e. The van der Waals surface area contributed by atoms with Gasteiger partial charge in [-0.05, 0) is 36.4 Å². The Balaban J connectivity index is 1.31. The molecule has 6 nitrogen and oxygen atoms in total. The topological polar surface area (TPSA) is 58.5 Å². The van der Waals surface area contributed by atoms with Gasteiger partial charge >= 0.3 is 0 Å². The number of ether oxygens (including phenoxy) is 1. The summed E-state index contributed by atoms with van der Waals surface area (Å²) in [7, 11) is 0. The maximum absolute atomic E-state index is 5.44. The average molecular weight is 401 g/mol. The van der Waals surface area contributed by atoms with E-state index < -0.39 is 0 Å². The first-order valence-corrected chi connectivity index (χ1v) is 10.6. The van der Waals surface area contributed by atoms with E-state index in [0.29, 0.717) is 0 Å². The molecule has 2 aromatic carbocycles. The zero-order valence-electron chi connectivity index (χ0n) is 15.7. The Labute approximate surface area is 171 Å². The molecular weight excluding hydrogens is 382 g/mol. The van der Waals surface area contributed by atoms with Crippen LogP contribution in [0.5, 0.6) is 0 Å². The third-order valence-electron chi connectivity index (χ3n) is 5.39. The van der Waals surface area contributed by atoms with E-state index in [2.05, 4.69) is 62.9 Å². The van der Waals surface area contributed by atoms with Crippen LogP contribution in [0.4, 0.5) is 5.69 Å². The van der Waals surface area contributed by atoms with Crippen molar-refractivity contribution in [2.24, 2.45) is 0 Å². The van der Waals surface area contributed by atoms with Crippen molar-refractivity contribution < 1.29 is 4.74 Å². The molecule has 7 heteroatoms. The lowest BCUT2D eigenvalue weighted by molar-refractivity contribution is 0.122. The monoisotopic (exact) mass is 401 g/mol. The minimum absolute atomic E-state index is 0.794. The maximum Gasteiger partial charge on any atom is 0.194 e. The first kappa shape index (κ1) is 16.8. The summed E-state index contributed by atoms with van der Waals surface area (Å²) in [6, 6.07) is 14.9. The molecule has 144 valence electrons. The van der Waals surface area contributed by atoms with E-state index >= 15 is 0 Å². The second-order valence-corrected chi connectivity index (χ2v) is 8.06. The lowest BCUT2D eigenvalue weighted by Gasteiger charge is -2.28. The van der Waals surface area contributed by atoms with Gasteiger partial charge in [-0.3, -0.25) is 4.40 Å². The molecule has 1 aliphatic rings. The molecule has 1 saturated heterocycles. The fourth-order valence-corrected chi connectivity index (χ4v) is 4.52. The summed E-state index contributed by atoms with van der Waals surface area (Å²) < 4.78 is 7.49. The first-order valence-electron chi connectivity index (χ1n) is 9.69. The van der Waals surface area contributed by atoms with Crippen molar-refractivity contribution in [3.05, 3.63) is 60.2 Å². The molecule has 29 heavy (non-hydrogen) atoms. The maximum atomic E-state index is 5.44. The van der Waals surface area contributed by atoms with E-state index in [0.717, 1.165) is 64.9 Å². The molecule has 0 spiro atoms. The Hall–Kier alpha value is -3.16. The largest absolute Gasteiger partial charge is 0.378 e. The summed E-state index contributed by atoms with van der Waals surface area (Å²) >= 11 is 1.64. The van der Waals surface area contributed by atoms with Crippen molar-refractivity contribution in [2.75, 3.05) is 31.2 Å². The minimum Gasteiger partial charge on any atom is -0.378 e. The molecular formula is C22H19N5OS. The predicted octanol–water partition coefficient (Wildman–Crippen LogP) is 4.44. The van der Waals surface area contributed by atoms with E-state index in [1.54, 1.807) is 11.3 Å². The van der Waals surface area contributed by atoms with Gasteiger partial charge in [0.15, 0.2) is 4.96 Å². The van der Waals surface area contributed by atoms with Crippen LogP contribution in [0.3, 0.4) is 0 Å². The third-order valence-corrected chi connectivity index (χ3v) is 6.16. The van der Waals surface area contributed by atoms with Crippen LogP contribution < -0.4 is 4.90 Å². The molecule has 4 heterocycles. The van der Waals surface area contributed by atoms with Crippen LogP contribution in [0, 0.1) is 0 Å². The zero-order valence-corrected chi connectivity index (χ0v) is 16.5. The summed E-state index contributed by atoms with van der Waals surface area (Å²) in [6.45, 7) is 3.47. The molecule has 0 saturated carbocycles. The van der Waals surface area contributed by atoms with Gasteiger partial charge in [-0.25, -0.2) is 9.97 Å². The molecule has 0 amide bonds. The number of morpholine rings is 1. The van der Waals surface area contributed by atoms with E-state index in [1.165, 1.54) is 5.69 Å². The summed E-state index contributed by atoms with van der Waals surface area (Å²) in [5.74, 6) is 0.886. The van der Waals surface area contributed by atoms with Crippen LogP contribution in [0.15, 0.2) is 60.2 Å². The molecule has 0 bridgehead atoms. The second kappa shape index (κ2) is 6.72. The normalized spacial score (nSPS) is 14.8. The molecule has 1 fully saturated rings. The molecule has 1 aliphatic heterocycles. The van der Waals surface area contributed by atoms with Gasteiger partial charge in [-0.2, -0.15) is 0 Å². The van der Waals surface area contributed by atoms with Crippen molar-refractivity contribution in [1.82, 2.24) is 19.4 Å². The van der Waals surface area contributed by atoms with Crippen molar-refractivity contribution >= 4 is 33.0 Å². The van der Waals surface area contributed by atoms with Gasteiger partial charge in [0, 0.05) is 47.7 Å². The van der Waals surface area contributed by atoms with Crippen LogP contribution in [0.1, 0.15) is 0 Å². The molecule has 5 aromatic rings. The first-order chi connectivity index (χ1) is 14.3. The van der Waals surface area contributed by atoms with Crippen LogP contribution >= 0.6 is 11.3 Å². The number of hydrogen-bond donors (Lipinski definition) is 1. The summed E-state index contributed by atoms with van der Waals surface area (Å²) in [5.41, 5.74) is 6.36. The standard InChI is InChI=1S/C22H19N5OS/c1-4-17(26-7-10-28-11-8-26)5-2-15(1)21-23-18-6-3-16(13-19(18)24-21)20-14-27-9-12-29-22(27)25-20/h1-6,9,12-14H,7-8,10-11H2,(H,23,24). The average Bonchev–Trinajstić information content (AvgIpc) is 3.48. The van der Waals surface area contributed by atoms with Crippen LogP contribution in [0.25, 0.3) is 38.6 Å². The molecule has 0 aliphatic carbocycles. The van der Waals surface area contributed by atoms with Crippen molar-refractivity contribution in [3.63, 3.8) is 0 Å². The van der Waals surface area contributed by atoms with Gasteiger partial charge < -0.3 is 14.6 Å². The number of rotatable bonds is 3. The predicted molar refractivity (Wildman–Crippen MR) is 117 cm³/mol. The number of anilines is 1. The number of nitrogens with zero attached hydrogens (tertiary/aromatic N) is 4. The highest BCUT2D eigenvalue weighted by atomic mass is 32.1. The molecule has 6 rings (SSSR count). The van der Waals surface area contributed by atoms with Gasteiger partial charge in [0.05, 0.1) is 29.9 Å². The Morgan fingerprint density at radius 1 is 0.966 bits per heavy atom. The molecule has 3 aromatic heterocycles. The summed E-state index contributed by atoms with van der Waals surface area (Å²) in [6.07, 6.45) is 4.10. The lowest BCUT2D eigenvalue weighted by atomic mass is 10.1. The Morgan fingerprint density at radius 2 is 1.79 bits per heavy atom. The Morgan fingerprint density at radius 3 is 2.62 bits per heavy atom. The van der Waals surface area contributed by atoms with Gasteiger partial charge in [-0.1, -0.05) is 6.07 Å². The summed E-state index contributed by atoms with van der Waals surface area (Å²) in [4.78, 5) is 16.3. The fraction of sp³-hybridized carbons (Fsp3) is 0.182. The number of aromatic amines is 1. The number of fused-ring (bicyclic) bond motifs is 2. The van der Waals surface area contributed by atoms with E-state index in [-0.39, 0.29) is 0 Å². The van der Waals surface area contributed by atoms with Crippen LogP contribution in [-0.4, -0.2) is 45.7 Å². The zero-order chi connectivity index (χ0) is 19.2. The Bertz CT molecular complexity index is 1270. The molecule has 1 N–H and O–H groups in total. The van der Waals surface area contributed by atoms with E-state index in [4.69, 9.17) is 14.7 Å². The lowest BCUT2D eigenvalue weighted by Crippen LogP contribution is -2.36. The Kier molecular flexibility index (Phi) is 3.88. The van der Waals surface area contributed by atoms with Gasteiger partial charge in [0.25, 0.3) is 0 Å². The van der Waals surface area contributed by atoms with Crippen LogP contribution in [-0.2, 0) is 4.74 Å². The molecule has 0 unspecified atom stereocenters. The number of H-pyrrole nitrogens is 1. The minimum atomic E-state index is 0.794. The number of aromatic nitrogens is 4. The fourth-order valence-electron chi connectivity index (χ4n) is 3.82. The van der Waals surface area contributed by atoms with Gasteiger partial charge in [0.2, 0.25) is 0 Å². The number of hydrogen-bond acceptors (Lipinski definition) is 5. The van der Waals surface area contributed by atoms with Gasteiger partial charge in [-0.15, -0.1) is 11.3 Å². The second-order valence-electron chi connectivity index (χ2n) is 7.18. The molecule has 0 atom stereocenters. The van der Waals surface area contributed by atoms with Crippen molar-refractivity contribution in [1.29, 1.82) is 0 Å². The van der Waals surface area contributed by atoms with Crippen LogP contribution in [0.2, 0.25) is 0 Å². The number of imidazole rings is 2. The van der Waals surface area contributed by atoms with E-state index in [1.807, 2.05) is 11.6 Å².